The van der Waals surface area contributed by atoms with Gasteiger partial charge in [0.25, 0.3) is 0 Å². The van der Waals surface area contributed by atoms with E-state index in [1.807, 2.05) is 36.4 Å². The van der Waals surface area contributed by atoms with Crippen molar-refractivity contribution in [3.63, 3.8) is 0 Å². The Morgan fingerprint density at radius 2 is 1.73 bits per heavy atom. The average Bonchev–Trinajstić information content (AvgIpc) is 2.52. The molecule has 0 aliphatic carbocycles. The van der Waals surface area contributed by atoms with Gasteiger partial charge in [-0.15, -0.1) is 0 Å². The number of phenols is 2. The summed E-state index contributed by atoms with van der Waals surface area (Å²) in [5.41, 5.74) is 0.123. The van der Waals surface area contributed by atoms with Crippen LogP contribution in [0.15, 0.2) is 60.7 Å². The van der Waals surface area contributed by atoms with Gasteiger partial charge in [-0.1, -0.05) is 36.4 Å². The lowest BCUT2D eigenvalue weighted by Crippen LogP contribution is -2.11. The highest BCUT2D eigenvalue weighted by molar-refractivity contribution is 6.00. The molecule has 22 heavy (non-hydrogen) atoms. The zero-order valence-corrected chi connectivity index (χ0v) is 11.7. The second kappa shape index (κ2) is 5.77. The third-order valence-electron chi connectivity index (χ3n) is 3.39. The van der Waals surface area contributed by atoms with Gasteiger partial charge < -0.3 is 14.9 Å². The highest BCUT2D eigenvalue weighted by atomic mass is 16.5. The van der Waals surface area contributed by atoms with Crippen molar-refractivity contribution in [1.29, 1.82) is 0 Å². The quantitative estimate of drug-likeness (QED) is 0.723. The predicted octanol–water partition coefficient (Wildman–Crippen LogP) is 3.51. The standard InChI is InChI=1S/C18H14O4/c19-13-8-9-15(16(20)10-13)17(21)11-22-18-7-3-5-12-4-1-2-6-14(12)18/h1-10,19-20H,11H2. The van der Waals surface area contributed by atoms with E-state index >= 15 is 0 Å². The maximum atomic E-state index is 12.1. The summed E-state index contributed by atoms with van der Waals surface area (Å²) in [6.07, 6.45) is 0. The van der Waals surface area contributed by atoms with Crippen molar-refractivity contribution in [1.82, 2.24) is 0 Å². The topological polar surface area (TPSA) is 66.8 Å². The van der Waals surface area contributed by atoms with E-state index in [9.17, 15) is 15.0 Å². The fourth-order valence-electron chi connectivity index (χ4n) is 2.30. The van der Waals surface area contributed by atoms with Gasteiger partial charge in [-0.3, -0.25) is 4.79 Å². The molecule has 3 rings (SSSR count). The number of ketones is 1. The van der Waals surface area contributed by atoms with Crippen molar-refractivity contribution in [2.45, 2.75) is 0 Å². The number of phenolic OH excluding ortho intramolecular Hbond substituents is 2. The molecule has 0 atom stereocenters. The summed E-state index contributed by atoms with van der Waals surface area (Å²) >= 11 is 0. The highest BCUT2D eigenvalue weighted by Gasteiger charge is 2.13. The largest absolute Gasteiger partial charge is 0.508 e. The van der Waals surface area contributed by atoms with Crippen molar-refractivity contribution < 1.29 is 19.7 Å². The summed E-state index contributed by atoms with van der Waals surface area (Å²) in [5, 5.41) is 20.9. The third kappa shape index (κ3) is 2.72. The van der Waals surface area contributed by atoms with Crippen LogP contribution in [0.1, 0.15) is 10.4 Å². The molecular weight excluding hydrogens is 280 g/mol. The first-order valence-electron chi connectivity index (χ1n) is 6.81. The fraction of sp³-hybridized carbons (Fsp3) is 0.0556. The fourth-order valence-corrected chi connectivity index (χ4v) is 2.30. The average molecular weight is 294 g/mol. The number of hydrogen-bond donors (Lipinski definition) is 2. The molecule has 4 nitrogen and oxygen atoms in total. The van der Waals surface area contributed by atoms with E-state index in [0.717, 1.165) is 16.8 Å². The Kier molecular flexibility index (Phi) is 3.66. The first-order valence-corrected chi connectivity index (χ1v) is 6.81. The molecule has 0 saturated carbocycles. The van der Waals surface area contributed by atoms with Crippen LogP contribution in [-0.2, 0) is 0 Å². The molecule has 3 aromatic rings. The summed E-state index contributed by atoms with van der Waals surface area (Å²) in [4.78, 5) is 12.1. The molecule has 4 heteroatoms. The van der Waals surface area contributed by atoms with Crippen LogP contribution in [0.4, 0.5) is 0 Å². The number of hydrogen-bond acceptors (Lipinski definition) is 4. The molecule has 0 spiro atoms. The number of fused-ring (bicyclic) bond motifs is 1. The van der Waals surface area contributed by atoms with Gasteiger partial charge in [0.15, 0.2) is 6.61 Å². The van der Waals surface area contributed by atoms with Crippen LogP contribution in [0.5, 0.6) is 17.2 Å². The molecule has 0 heterocycles. The molecule has 2 N–H and O–H groups in total. The number of benzene rings is 3. The molecule has 0 saturated heterocycles. The van der Waals surface area contributed by atoms with E-state index in [0.29, 0.717) is 5.75 Å². The summed E-state index contributed by atoms with van der Waals surface area (Å²) in [5.74, 6) is -0.0920. The van der Waals surface area contributed by atoms with Crippen LogP contribution < -0.4 is 4.74 Å². The molecule has 0 radical (unpaired) electrons. The molecule has 0 bridgehead atoms. The number of carbonyl (C=O) groups is 1. The molecule has 0 aromatic heterocycles. The predicted molar refractivity (Wildman–Crippen MR) is 83.5 cm³/mol. The Hall–Kier alpha value is -3.01. The molecule has 0 aliphatic heterocycles. The molecular formula is C18H14O4. The molecule has 0 unspecified atom stereocenters. The summed E-state index contributed by atoms with van der Waals surface area (Å²) in [6, 6.07) is 17.2. The Morgan fingerprint density at radius 1 is 0.955 bits per heavy atom. The van der Waals surface area contributed by atoms with Crippen molar-refractivity contribution in [2.75, 3.05) is 6.61 Å². The smallest absolute Gasteiger partial charge is 0.203 e. The number of Topliss-reactive ketones (excluding diaryl/α,β-unsaturated/α-hetero) is 1. The molecule has 0 fully saturated rings. The van der Waals surface area contributed by atoms with Gasteiger partial charge in [0.1, 0.15) is 17.2 Å². The minimum absolute atomic E-state index is 0.0935. The van der Waals surface area contributed by atoms with Crippen molar-refractivity contribution in [2.24, 2.45) is 0 Å². The van der Waals surface area contributed by atoms with Crippen molar-refractivity contribution in [3.8, 4) is 17.2 Å². The number of rotatable bonds is 4. The van der Waals surface area contributed by atoms with Gasteiger partial charge in [0, 0.05) is 11.5 Å². The van der Waals surface area contributed by atoms with E-state index in [4.69, 9.17) is 4.74 Å². The normalized spacial score (nSPS) is 10.5. The zero-order chi connectivity index (χ0) is 15.5. The lowest BCUT2D eigenvalue weighted by atomic mass is 10.1. The monoisotopic (exact) mass is 294 g/mol. The van der Waals surface area contributed by atoms with Gasteiger partial charge in [-0.25, -0.2) is 0 Å². The Balaban J connectivity index is 1.80. The minimum Gasteiger partial charge on any atom is -0.508 e. The number of ether oxygens (including phenoxy) is 1. The lowest BCUT2D eigenvalue weighted by Gasteiger charge is -2.09. The molecule has 110 valence electrons. The summed E-state index contributed by atoms with van der Waals surface area (Å²) in [6.45, 7) is -0.188. The van der Waals surface area contributed by atoms with Crippen LogP contribution in [0.3, 0.4) is 0 Å². The van der Waals surface area contributed by atoms with Gasteiger partial charge in [0.2, 0.25) is 5.78 Å². The van der Waals surface area contributed by atoms with E-state index in [1.165, 1.54) is 12.1 Å². The van der Waals surface area contributed by atoms with Crippen molar-refractivity contribution >= 4 is 16.6 Å². The van der Waals surface area contributed by atoms with E-state index in [-0.39, 0.29) is 29.5 Å². The maximum Gasteiger partial charge on any atom is 0.203 e. The van der Waals surface area contributed by atoms with Crippen LogP contribution in [0, 0.1) is 0 Å². The van der Waals surface area contributed by atoms with Crippen LogP contribution in [0.25, 0.3) is 10.8 Å². The van der Waals surface area contributed by atoms with Gasteiger partial charge in [0.05, 0.1) is 5.56 Å². The first-order chi connectivity index (χ1) is 10.6. The molecule has 0 aliphatic rings. The maximum absolute atomic E-state index is 12.1. The van der Waals surface area contributed by atoms with Gasteiger partial charge >= 0.3 is 0 Å². The van der Waals surface area contributed by atoms with Crippen LogP contribution in [0.2, 0.25) is 0 Å². The molecule has 0 amide bonds. The van der Waals surface area contributed by atoms with Gasteiger partial charge in [-0.2, -0.15) is 0 Å². The van der Waals surface area contributed by atoms with E-state index in [2.05, 4.69) is 0 Å². The summed E-state index contributed by atoms with van der Waals surface area (Å²) in [7, 11) is 0. The second-order valence-corrected chi connectivity index (χ2v) is 4.89. The zero-order valence-electron chi connectivity index (χ0n) is 11.7. The Morgan fingerprint density at radius 3 is 2.55 bits per heavy atom. The van der Waals surface area contributed by atoms with Gasteiger partial charge in [-0.05, 0) is 23.6 Å². The minimum atomic E-state index is -0.356. The van der Waals surface area contributed by atoms with E-state index in [1.54, 1.807) is 6.07 Å². The lowest BCUT2D eigenvalue weighted by molar-refractivity contribution is 0.0920. The second-order valence-electron chi connectivity index (χ2n) is 4.89. The molecule has 3 aromatic carbocycles. The van der Waals surface area contributed by atoms with Crippen LogP contribution >= 0.6 is 0 Å². The Bertz CT molecular complexity index is 834. The first kappa shape index (κ1) is 13.9. The van der Waals surface area contributed by atoms with E-state index < -0.39 is 0 Å². The van der Waals surface area contributed by atoms with Crippen molar-refractivity contribution in [3.05, 3.63) is 66.2 Å². The highest BCUT2D eigenvalue weighted by Crippen LogP contribution is 2.26. The van der Waals surface area contributed by atoms with Crippen LogP contribution in [-0.4, -0.2) is 22.6 Å². The summed E-state index contributed by atoms with van der Waals surface area (Å²) < 4.78 is 5.60. The third-order valence-corrected chi connectivity index (χ3v) is 3.39. The number of aromatic hydroxyl groups is 2. The Labute approximate surface area is 127 Å². The SMILES string of the molecule is O=C(COc1cccc2ccccc12)c1ccc(O)cc1O. The number of carbonyl (C=O) groups excluding carboxylic acids is 1.